The largest absolute Gasteiger partial charge is 0.390 e. The van der Waals surface area contributed by atoms with Gasteiger partial charge in [-0.3, -0.25) is 19.7 Å². The zero-order valence-corrected chi connectivity index (χ0v) is 12.6. The summed E-state index contributed by atoms with van der Waals surface area (Å²) < 4.78 is 1.41. The number of likely N-dealkylation sites (N-methyl/N-ethyl adjacent to an activating group) is 1. The van der Waals surface area contributed by atoms with Crippen molar-refractivity contribution in [3.05, 3.63) is 22.5 Å². The van der Waals surface area contributed by atoms with Gasteiger partial charge in [-0.15, -0.1) is 0 Å². The summed E-state index contributed by atoms with van der Waals surface area (Å²) in [5.41, 5.74) is -0.0555. The van der Waals surface area contributed by atoms with Gasteiger partial charge in [-0.25, -0.2) is 0 Å². The van der Waals surface area contributed by atoms with Gasteiger partial charge in [0.15, 0.2) is 0 Å². The third-order valence-corrected chi connectivity index (χ3v) is 3.62. The van der Waals surface area contributed by atoms with Crippen LogP contribution >= 0.6 is 0 Å². The Labute approximate surface area is 119 Å². The summed E-state index contributed by atoms with van der Waals surface area (Å²) >= 11 is 0. The first kappa shape index (κ1) is 16.6. The van der Waals surface area contributed by atoms with Crippen LogP contribution in [0.5, 0.6) is 0 Å². The highest BCUT2D eigenvalue weighted by atomic mass is 16.6. The quantitative estimate of drug-likeness (QED) is 0.578. The molecule has 1 aromatic rings. The number of aliphatic hydroxyl groups is 1. The molecule has 0 bridgehead atoms. The highest BCUT2D eigenvalue weighted by molar-refractivity contribution is 5.20. The second-order valence-electron chi connectivity index (χ2n) is 5.40. The summed E-state index contributed by atoms with van der Waals surface area (Å²) in [5, 5.41) is 24.6. The molecule has 0 aliphatic rings. The Hall–Kier alpha value is -1.47. The van der Waals surface area contributed by atoms with Crippen LogP contribution in [0.2, 0.25) is 0 Å². The molecule has 0 aliphatic carbocycles. The maximum atomic E-state index is 10.6. The van der Waals surface area contributed by atoms with Crippen molar-refractivity contribution in [3.8, 4) is 0 Å². The molecular weight excluding hydrogens is 260 g/mol. The first-order valence-corrected chi connectivity index (χ1v) is 6.94. The lowest BCUT2D eigenvalue weighted by molar-refractivity contribution is -0.385. The molecule has 0 aliphatic heterocycles. The van der Waals surface area contributed by atoms with Gasteiger partial charge in [-0.1, -0.05) is 20.8 Å². The maximum absolute atomic E-state index is 10.6. The Morgan fingerprint density at radius 3 is 2.60 bits per heavy atom. The molecule has 20 heavy (non-hydrogen) atoms. The van der Waals surface area contributed by atoms with E-state index in [1.54, 1.807) is 0 Å². The second-order valence-corrected chi connectivity index (χ2v) is 5.40. The predicted molar refractivity (Wildman–Crippen MR) is 76.4 cm³/mol. The highest BCUT2D eigenvalue weighted by Gasteiger charge is 2.19. The Kier molecular flexibility index (Phi) is 6.09. The van der Waals surface area contributed by atoms with Gasteiger partial charge in [0.2, 0.25) is 0 Å². The summed E-state index contributed by atoms with van der Waals surface area (Å²) in [5.74, 6) is 0.507. The number of hydrogen-bond donors (Lipinski definition) is 1. The average molecular weight is 284 g/mol. The molecule has 114 valence electrons. The van der Waals surface area contributed by atoms with Crippen LogP contribution in [-0.4, -0.2) is 49.9 Å². The topological polar surface area (TPSA) is 84.4 Å². The predicted octanol–water partition coefficient (Wildman–Crippen LogP) is 1.52. The van der Waals surface area contributed by atoms with E-state index >= 15 is 0 Å². The van der Waals surface area contributed by atoms with E-state index in [-0.39, 0.29) is 12.2 Å². The molecule has 0 amide bonds. The van der Waals surface area contributed by atoms with Crippen LogP contribution in [0.1, 0.15) is 27.7 Å². The second kappa shape index (κ2) is 7.35. The molecule has 0 fully saturated rings. The zero-order chi connectivity index (χ0) is 15.3. The van der Waals surface area contributed by atoms with E-state index in [1.807, 2.05) is 0 Å². The van der Waals surface area contributed by atoms with Crippen molar-refractivity contribution >= 4 is 5.69 Å². The summed E-state index contributed by atoms with van der Waals surface area (Å²) in [6, 6.07) is 0.376. The van der Waals surface area contributed by atoms with E-state index in [4.69, 9.17) is 0 Å². The number of rotatable bonds is 8. The molecule has 1 aromatic heterocycles. The Morgan fingerprint density at radius 1 is 1.50 bits per heavy atom. The fourth-order valence-corrected chi connectivity index (χ4v) is 2.10. The first-order chi connectivity index (χ1) is 9.35. The summed E-state index contributed by atoms with van der Waals surface area (Å²) in [7, 11) is 0. The Morgan fingerprint density at radius 2 is 2.15 bits per heavy atom. The molecule has 0 saturated carbocycles. The molecular formula is C13H24N4O3. The van der Waals surface area contributed by atoms with E-state index in [9.17, 15) is 15.2 Å². The fraction of sp³-hybridized carbons (Fsp3) is 0.769. The van der Waals surface area contributed by atoms with Crippen LogP contribution in [0.25, 0.3) is 0 Å². The lowest BCUT2D eigenvalue weighted by Gasteiger charge is -2.32. The van der Waals surface area contributed by atoms with Crippen molar-refractivity contribution in [2.75, 3.05) is 13.1 Å². The first-order valence-electron chi connectivity index (χ1n) is 6.94. The van der Waals surface area contributed by atoms with E-state index in [0.717, 1.165) is 6.54 Å². The molecule has 0 saturated heterocycles. The molecule has 1 heterocycles. The zero-order valence-electron chi connectivity index (χ0n) is 12.6. The number of hydrogen-bond acceptors (Lipinski definition) is 5. The van der Waals surface area contributed by atoms with Gasteiger partial charge in [0, 0.05) is 12.6 Å². The molecule has 0 radical (unpaired) electrons. The minimum Gasteiger partial charge on any atom is -0.390 e. The fourth-order valence-electron chi connectivity index (χ4n) is 2.10. The van der Waals surface area contributed by atoms with Gasteiger partial charge in [-0.2, -0.15) is 5.10 Å². The standard InChI is InChI=1S/C13H24N4O3/c1-5-15(11(4)10(2)3)8-13(18)9-16-7-12(6-14-16)17(19)20/h6-7,10-11,13,18H,5,8-9H2,1-4H3. The third kappa shape index (κ3) is 4.57. The SMILES string of the molecule is CCN(CC(O)Cn1cc([N+](=O)[O-])cn1)C(C)C(C)C. The normalized spacial score (nSPS) is 14.8. The molecule has 2 unspecified atom stereocenters. The van der Waals surface area contributed by atoms with Gasteiger partial charge < -0.3 is 5.11 Å². The molecule has 0 spiro atoms. The summed E-state index contributed by atoms with van der Waals surface area (Å²) in [6.45, 7) is 10.1. The number of aliphatic hydroxyl groups excluding tert-OH is 1. The summed E-state index contributed by atoms with van der Waals surface area (Å²) in [4.78, 5) is 12.3. The third-order valence-electron chi connectivity index (χ3n) is 3.62. The van der Waals surface area contributed by atoms with Crippen LogP contribution in [0.15, 0.2) is 12.4 Å². The molecule has 1 rings (SSSR count). The van der Waals surface area contributed by atoms with Crippen molar-refractivity contribution < 1.29 is 10.0 Å². The smallest absolute Gasteiger partial charge is 0.306 e. The Bertz CT molecular complexity index is 433. The van der Waals surface area contributed by atoms with E-state index in [0.29, 0.717) is 18.5 Å². The van der Waals surface area contributed by atoms with E-state index < -0.39 is 11.0 Å². The lowest BCUT2D eigenvalue weighted by Crippen LogP contribution is -2.42. The number of nitrogens with zero attached hydrogens (tertiary/aromatic N) is 4. The summed E-state index contributed by atoms with van der Waals surface area (Å²) in [6.07, 6.45) is 1.93. The van der Waals surface area contributed by atoms with Crippen molar-refractivity contribution in [2.45, 2.75) is 46.4 Å². The molecule has 0 aromatic carbocycles. The lowest BCUT2D eigenvalue weighted by atomic mass is 10.0. The van der Waals surface area contributed by atoms with Crippen LogP contribution < -0.4 is 0 Å². The molecule has 1 N–H and O–H groups in total. The minimum absolute atomic E-state index is 0.0555. The molecule has 2 atom stereocenters. The number of nitro groups is 1. The van der Waals surface area contributed by atoms with Gasteiger partial charge in [0.25, 0.3) is 0 Å². The van der Waals surface area contributed by atoms with Crippen LogP contribution in [0.4, 0.5) is 5.69 Å². The highest BCUT2D eigenvalue weighted by Crippen LogP contribution is 2.12. The van der Waals surface area contributed by atoms with Crippen LogP contribution in [0.3, 0.4) is 0 Å². The van der Waals surface area contributed by atoms with Crippen molar-refractivity contribution in [3.63, 3.8) is 0 Å². The maximum Gasteiger partial charge on any atom is 0.306 e. The van der Waals surface area contributed by atoms with Gasteiger partial charge in [0.05, 0.1) is 17.6 Å². The van der Waals surface area contributed by atoms with Gasteiger partial charge >= 0.3 is 5.69 Å². The van der Waals surface area contributed by atoms with Crippen LogP contribution in [0, 0.1) is 16.0 Å². The monoisotopic (exact) mass is 284 g/mol. The van der Waals surface area contributed by atoms with E-state index in [2.05, 4.69) is 37.7 Å². The van der Waals surface area contributed by atoms with Crippen LogP contribution in [-0.2, 0) is 6.54 Å². The molecule has 7 nitrogen and oxygen atoms in total. The van der Waals surface area contributed by atoms with Crippen molar-refractivity contribution in [2.24, 2.45) is 5.92 Å². The average Bonchev–Trinajstić information content (AvgIpc) is 2.83. The van der Waals surface area contributed by atoms with Crippen molar-refractivity contribution in [1.29, 1.82) is 0 Å². The number of aromatic nitrogens is 2. The Balaban J connectivity index is 2.56. The molecule has 7 heteroatoms. The minimum atomic E-state index is -0.601. The van der Waals surface area contributed by atoms with E-state index in [1.165, 1.54) is 17.1 Å². The van der Waals surface area contributed by atoms with Crippen molar-refractivity contribution in [1.82, 2.24) is 14.7 Å². The van der Waals surface area contributed by atoms with Gasteiger partial charge in [-0.05, 0) is 19.4 Å². The van der Waals surface area contributed by atoms with Gasteiger partial charge in [0.1, 0.15) is 12.4 Å².